The fourth-order valence-corrected chi connectivity index (χ4v) is 22.1. The number of ether oxygens (including phenoxy) is 16. The molecule has 6 aromatic rings. The highest BCUT2D eigenvalue weighted by atomic mass is 32.5. The van der Waals surface area contributed by atoms with Gasteiger partial charge in [0.25, 0.3) is 22.2 Å². The summed E-state index contributed by atoms with van der Waals surface area (Å²) in [6.07, 6.45) is -31.5. The molecule has 28 atom stereocenters. The molecule has 794 valence electrons. The van der Waals surface area contributed by atoms with E-state index in [1.165, 1.54) is 88.8 Å². The molecule has 6 saturated heterocycles. The van der Waals surface area contributed by atoms with Crippen LogP contribution in [0.1, 0.15) is 90.5 Å². The molecule has 12 rings (SSSR count). The van der Waals surface area contributed by atoms with Crippen molar-refractivity contribution in [2.45, 2.75) is 202 Å². The molecule has 12 heterocycles. The molecular formula is C76H113N14O44P5S3. The molecule has 10 unspecified atom stereocenters. The quantitative estimate of drug-likeness (QED) is 0.0136. The van der Waals surface area contributed by atoms with Gasteiger partial charge in [0.2, 0.25) is 0 Å². The summed E-state index contributed by atoms with van der Waals surface area (Å²) in [7, 11) is -5.30. The molecule has 0 saturated carbocycles. The van der Waals surface area contributed by atoms with Gasteiger partial charge in [-0.3, -0.25) is 93.7 Å². The highest BCUT2D eigenvalue weighted by Gasteiger charge is 2.58. The minimum Gasteiger partial charge on any atom is -0.387 e. The predicted molar refractivity (Wildman–Crippen MR) is 495 cm³/mol. The van der Waals surface area contributed by atoms with Crippen molar-refractivity contribution >= 4 is 82.9 Å². The lowest BCUT2D eigenvalue weighted by molar-refractivity contribution is -0.0854. The summed E-state index contributed by atoms with van der Waals surface area (Å²) in [5, 5.41) is 11.8. The van der Waals surface area contributed by atoms with Crippen molar-refractivity contribution < 1.29 is 160 Å². The molecule has 66 heteroatoms. The third-order valence-corrected chi connectivity index (χ3v) is 29.6. The summed E-state index contributed by atoms with van der Waals surface area (Å²) in [5.74, 6) is -0.302. The molecule has 58 nitrogen and oxygen atoms in total. The summed E-state index contributed by atoms with van der Waals surface area (Å²) in [6, 6.07) is 0. The van der Waals surface area contributed by atoms with E-state index in [1.807, 2.05) is 0 Å². The predicted octanol–water partition coefficient (Wildman–Crippen LogP) is -2.72. The number of aliphatic hydroxyl groups excluding tert-OH is 1. The second-order valence-corrected chi connectivity index (χ2v) is 44.1. The number of aliphatic hydroxyl groups is 1. The summed E-state index contributed by atoms with van der Waals surface area (Å²) in [5.41, 5.74) is 3.02. The van der Waals surface area contributed by atoms with Crippen molar-refractivity contribution in [2.24, 2.45) is 0 Å². The Morgan fingerprint density at radius 1 is 0.359 bits per heavy atom. The summed E-state index contributed by atoms with van der Waals surface area (Å²) in [6.45, 7) is -12.2. The average molecular weight is 2180 g/mol. The number of aromatic amines is 4. The Bertz CT molecular complexity index is 6290. The maximum Gasteiger partial charge on any atom is 0.472 e. The fourth-order valence-electron chi connectivity index (χ4n) is 15.9. The smallest absolute Gasteiger partial charge is 0.387 e. The minimum absolute atomic E-state index is 0.0212. The van der Waals surface area contributed by atoms with Gasteiger partial charge >= 0.3 is 69.9 Å². The SMILES string of the molecule is CC[C@H]1O[C@@H](n2cc(C)c(=O)[nH]c2=O)C[C@H]1OP(O)(=S)OC[C@H]1O[C@@H](n2cc(C)c(N)nc2=O)C(OCCOC)[C@H]1OP(=O)(O)OC[C@H]1O[C@@H](n2cc(C)c(=O)[nH]c2=O)C(OCCOC)[C@H]1OP(=O)(O)OC[C@H]1O[C@@H](n2cc(C)c(=O)[nH]c2=O)C(OCCOC)[C@H]1OP(O)(=S)OC[C@H]1O[C@@H](n2cc(C)c(=O)[nH]c2=O)C(OCCOC)[C@H]1OP(O)(=S)OC[C@H]1O[C@@H](n2cc(C)c(N)nc2=O)C(OCCOC)[C@H]1O. The van der Waals surface area contributed by atoms with E-state index in [0.29, 0.717) is 5.56 Å². The van der Waals surface area contributed by atoms with Crippen LogP contribution in [0.25, 0.3) is 0 Å². The summed E-state index contributed by atoms with van der Waals surface area (Å²) >= 11 is 16.9. The number of phosphoric acid groups is 2. The van der Waals surface area contributed by atoms with Gasteiger partial charge in [0.1, 0.15) is 109 Å². The fraction of sp³-hybridized carbons (Fsp3) is 0.684. The first kappa shape index (κ1) is 114. The number of nitrogens with zero attached hydrogens (tertiary/aromatic N) is 8. The number of hydrogen-bond donors (Lipinski definition) is 12. The van der Waals surface area contributed by atoms with Crippen molar-refractivity contribution in [2.75, 3.05) is 146 Å². The van der Waals surface area contributed by atoms with Crippen LogP contribution < -0.4 is 67.8 Å². The van der Waals surface area contributed by atoms with Gasteiger partial charge in [-0.05, 0) is 83.4 Å². The number of rotatable bonds is 52. The van der Waals surface area contributed by atoms with Crippen molar-refractivity contribution in [3.63, 3.8) is 0 Å². The topological polar surface area (TPSA) is 737 Å². The van der Waals surface area contributed by atoms with Gasteiger partial charge in [-0.1, -0.05) is 6.92 Å². The molecule has 0 radical (unpaired) electrons. The van der Waals surface area contributed by atoms with Crippen LogP contribution in [0.15, 0.2) is 85.1 Å². The van der Waals surface area contributed by atoms with Crippen molar-refractivity contribution in [3.05, 3.63) is 175 Å². The van der Waals surface area contributed by atoms with Gasteiger partial charge < -0.3 is 135 Å². The Hall–Kier alpha value is -6.79. The van der Waals surface area contributed by atoms with E-state index in [4.69, 9.17) is 168 Å². The zero-order valence-electron chi connectivity index (χ0n) is 78.2. The van der Waals surface area contributed by atoms with Crippen LogP contribution in [0.3, 0.4) is 0 Å². The van der Waals surface area contributed by atoms with Gasteiger partial charge in [0, 0.05) is 113 Å². The van der Waals surface area contributed by atoms with Crippen LogP contribution >= 0.6 is 35.8 Å². The summed E-state index contributed by atoms with van der Waals surface area (Å²) in [4.78, 5) is 211. The molecule has 6 aliphatic heterocycles. The van der Waals surface area contributed by atoms with Crippen molar-refractivity contribution in [3.8, 4) is 0 Å². The molecular weight excluding hydrogens is 2060 g/mol. The number of methoxy groups -OCH3 is 5. The van der Waals surface area contributed by atoms with Gasteiger partial charge in [0.15, 0.2) is 31.1 Å². The van der Waals surface area contributed by atoms with E-state index in [9.17, 15) is 77.5 Å². The number of nitrogens with two attached hydrogens (primary N) is 2. The van der Waals surface area contributed by atoms with E-state index in [2.05, 4.69) is 29.9 Å². The van der Waals surface area contributed by atoms with E-state index < -0.39 is 280 Å². The van der Waals surface area contributed by atoms with Gasteiger partial charge in [-0.25, -0.2) is 37.9 Å². The number of hydrogen-bond acceptors (Lipinski definition) is 46. The van der Waals surface area contributed by atoms with Crippen LogP contribution in [-0.2, 0) is 166 Å². The molecule has 0 amide bonds. The monoisotopic (exact) mass is 2180 g/mol. The second kappa shape index (κ2) is 49.6. The molecule has 6 aliphatic rings. The number of nitrogen functional groups attached to an aromatic ring is 2. The third kappa shape index (κ3) is 28.2. The summed E-state index contributed by atoms with van der Waals surface area (Å²) < 4.78 is 191. The Morgan fingerprint density at radius 3 is 0.958 bits per heavy atom. The third-order valence-electron chi connectivity index (χ3n) is 22.9. The molecule has 0 bridgehead atoms. The van der Waals surface area contributed by atoms with Crippen LogP contribution in [-0.4, -0.2) is 325 Å². The Labute approximate surface area is 819 Å². The number of anilines is 2. The Kier molecular flexibility index (Phi) is 39.8. The van der Waals surface area contributed by atoms with Gasteiger partial charge in [-0.2, -0.15) is 9.97 Å². The second-order valence-electron chi connectivity index (χ2n) is 32.9. The lowest BCUT2D eigenvalue weighted by Crippen LogP contribution is -2.42. The van der Waals surface area contributed by atoms with Crippen LogP contribution in [0.4, 0.5) is 11.6 Å². The first-order valence-corrected chi connectivity index (χ1v) is 54.3. The van der Waals surface area contributed by atoms with Crippen molar-refractivity contribution in [1.82, 2.24) is 57.3 Å². The maximum atomic E-state index is 15.3. The highest BCUT2D eigenvalue weighted by molar-refractivity contribution is 8.07. The Morgan fingerprint density at radius 2 is 0.627 bits per heavy atom. The molecule has 0 spiro atoms. The standard InChI is InChI=1S/C76H113N14O44P5S3/c1-13-42-43(24-49(124-42)85-27-38(4)62(92)81-73(85)98)130-137(106,140)122-34-47-52(57(116-21-16-111-10)67(128-47)87-26-37(3)61(78)80-72(87)97)132-135(102,103)119-32-45-51(56(115-20-15-110-9)68(126-45)88-28-39(5)63(93)82-74(88)99)131-136(104,105)120-33-46-53(58(117-22-17-112-11)69(127-46)89-29-40(6)64(94)83-75(89)100)133-139(108,142)123-35-48-54(59(118-23-18-113-12)70(129-48)90-30-41(7)65(95)84-76(90)101)134-138(107,141)121-31-44-50(91)55(114-19-14-109-8)66(125-44)86-25-36(2)60(77)79-71(86)96/h25-30,42-59,66-70,91H,13-24,31-35H2,1-12H3,(H,102,103)(H,104,105)(H,106,140)(H,107,141)(H,108,142)(H2,77,79,96)(H2,78,80,97)(H,81,92,98)(H,82,93,99)(H,83,94,100)(H,84,95,101)/t42-,43-,44-,45-,46-,47-,48-,49-,50+,51+,52+,53+,54+,55?,56?,57?,58?,59?,66-,67-,68-,69-,70-,137?,138?,139?/m1/s1. The maximum absolute atomic E-state index is 15.3. The van der Waals surface area contributed by atoms with E-state index in [0.717, 1.165) is 46.0 Å². The first-order chi connectivity index (χ1) is 67.1. The number of aromatic nitrogens is 12. The lowest BCUT2D eigenvalue weighted by atomic mass is 10.1. The highest BCUT2D eigenvalue weighted by Crippen LogP contribution is 2.58. The number of phosphoric ester groups is 2. The number of H-pyrrole nitrogens is 4. The average Bonchev–Trinajstić information content (AvgIpc) is 1.62. The van der Waals surface area contributed by atoms with E-state index >= 15 is 9.13 Å². The van der Waals surface area contributed by atoms with Crippen molar-refractivity contribution in [1.29, 1.82) is 0 Å². The molecule has 0 aliphatic carbocycles. The van der Waals surface area contributed by atoms with Gasteiger partial charge in [-0.15, -0.1) is 0 Å². The molecule has 0 aromatic carbocycles. The minimum atomic E-state index is -5.99. The molecule has 6 fully saturated rings. The first-order valence-electron chi connectivity index (χ1n) is 43.5. The molecule has 14 N–H and O–H groups in total. The normalized spacial score (nSPS) is 29.4. The zero-order valence-corrected chi connectivity index (χ0v) is 85.1. The molecule has 142 heavy (non-hydrogen) atoms. The molecule has 6 aromatic heterocycles. The van der Waals surface area contributed by atoms with Gasteiger partial charge in [0.05, 0.1) is 111 Å². The Balaban J connectivity index is 0.844. The van der Waals surface area contributed by atoms with Crippen LogP contribution in [0, 0.1) is 41.5 Å². The lowest BCUT2D eigenvalue weighted by Gasteiger charge is -2.30. The largest absolute Gasteiger partial charge is 0.472 e. The van der Waals surface area contributed by atoms with E-state index in [1.54, 1.807) is 13.8 Å². The zero-order chi connectivity index (χ0) is 104. The number of aryl methyl sites for hydroxylation is 6. The number of nitrogens with one attached hydrogen (secondary N) is 4. The van der Waals surface area contributed by atoms with E-state index in [-0.39, 0.29) is 105 Å². The van der Waals surface area contributed by atoms with Crippen LogP contribution in [0.5, 0.6) is 0 Å². The van der Waals surface area contributed by atoms with Crippen LogP contribution in [0.2, 0.25) is 0 Å².